The van der Waals surface area contributed by atoms with Crippen LogP contribution in [-0.4, -0.2) is 35.1 Å². The molecule has 2 N–H and O–H groups in total. The highest BCUT2D eigenvalue weighted by atomic mass is 35.5. The maximum atomic E-state index is 12.1. The van der Waals surface area contributed by atoms with E-state index in [9.17, 15) is 4.79 Å². The summed E-state index contributed by atoms with van der Waals surface area (Å²) in [6.07, 6.45) is 5.30. The van der Waals surface area contributed by atoms with Crippen LogP contribution in [0.4, 0.5) is 0 Å². The summed E-state index contributed by atoms with van der Waals surface area (Å²) >= 11 is 0. The Balaban J connectivity index is 0.00000110. The molecule has 0 aliphatic carbocycles. The zero-order valence-corrected chi connectivity index (χ0v) is 13.0. The number of rotatable bonds is 4. The number of amides is 1. The van der Waals surface area contributed by atoms with Crippen LogP contribution in [0.2, 0.25) is 0 Å². The predicted octanol–water partition coefficient (Wildman–Crippen LogP) is 1.67. The number of carbonyl (C=O) groups is 1. The Morgan fingerprint density at radius 2 is 2.19 bits per heavy atom. The first-order valence-corrected chi connectivity index (χ1v) is 6.40. The van der Waals surface area contributed by atoms with E-state index >= 15 is 0 Å². The standard InChI is InChI=1S/C14H16N4O.2ClH/c19-14(17-9-11-7-16-8-11)12-2-1-3-13(6-12)18-5-4-15-10-18;;/h1-6,10-11,16H,7-9H2,(H,17,19);2*1H. The van der Waals surface area contributed by atoms with Gasteiger partial charge in [0.05, 0.1) is 6.33 Å². The summed E-state index contributed by atoms with van der Waals surface area (Å²) in [5.74, 6) is 0.551. The van der Waals surface area contributed by atoms with Crippen LogP contribution in [0.5, 0.6) is 0 Å². The third-order valence-corrected chi connectivity index (χ3v) is 3.33. The molecule has 1 aliphatic rings. The monoisotopic (exact) mass is 328 g/mol. The van der Waals surface area contributed by atoms with Gasteiger partial charge in [0.15, 0.2) is 0 Å². The number of hydrogen-bond acceptors (Lipinski definition) is 3. The van der Waals surface area contributed by atoms with Gasteiger partial charge in [-0.2, -0.15) is 0 Å². The summed E-state index contributed by atoms with van der Waals surface area (Å²) in [5.41, 5.74) is 1.62. The lowest BCUT2D eigenvalue weighted by molar-refractivity contribution is 0.0942. The number of hydrogen-bond donors (Lipinski definition) is 2. The van der Waals surface area contributed by atoms with Gasteiger partial charge in [-0.25, -0.2) is 4.98 Å². The highest BCUT2D eigenvalue weighted by Crippen LogP contribution is 2.10. The quantitative estimate of drug-likeness (QED) is 0.897. The van der Waals surface area contributed by atoms with Crippen molar-refractivity contribution in [1.82, 2.24) is 20.2 Å². The number of benzene rings is 1. The molecule has 1 aromatic carbocycles. The molecular formula is C14H18Cl2N4O. The van der Waals surface area contributed by atoms with Crippen LogP contribution < -0.4 is 10.6 Å². The van der Waals surface area contributed by atoms with Gasteiger partial charge in [-0.15, -0.1) is 24.8 Å². The van der Waals surface area contributed by atoms with Gasteiger partial charge in [-0.05, 0) is 18.2 Å². The number of carbonyl (C=O) groups excluding carboxylic acids is 1. The highest BCUT2D eigenvalue weighted by Gasteiger charge is 2.17. The summed E-state index contributed by atoms with van der Waals surface area (Å²) in [4.78, 5) is 16.1. The lowest BCUT2D eigenvalue weighted by atomic mass is 10.0. The summed E-state index contributed by atoms with van der Waals surface area (Å²) in [6.45, 7) is 2.73. The molecule has 2 aromatic rings. The van der Waals surface area contributed by atoms with Crippen molar-refractivity contribution in [2.45, 2.75) is 0 Å². The Morgan fingerprint density at radius 3 is 2.81 bits per heavy atom. The van der Waals surface area contributed by atoms with E-state index in [1.165, 1.54) is 0 Å². The Labute approximate surface area is 136 Å². The molecule has 3 rings (SSSR count). The van der Waals surface area contributed by atoms with E-state index in [0.717, 1.165) is 25.3 Å². The van der Waals surface area contributed by atoms with E-state index in [0.29, 0.717) is 11.5 Å². The second-order valence-electron chi connectivity index (χ2n) is 4.75. The van der Waals surface area contributed by atoms with Gasteiger partial charge in [-0.3, -0.25) is 4.79 Å². The average molecular weight is 329 g/mol. The van der Waals surface area contributed by atoms with Crippen LogP contribution in [0.3, 0.4) is 0 Å². The molecule has 0 atom stereocenters. The Hall–Kier alpha value is -1.56. The zero-order valence-electron chi connectivity index (χ0n) is 11.4. The zero-order chi connectivity index (χ0) is 13.1. The minimum atomic E-state index is -0.0196. The van der Waals surface area contributed by atoms with Crippen molar-refractivity contribution in [3.05, 3.63) is 48.5 Å². The average Bonchev–Trinajstić information content (AvgIpc) is 2.91. The Morgan fingerprint density at radius 1 is 1.38 bits per heavy atom. The van der Waals surface area contributed by atoms with Gasteiger partial charge < -0.3 is 15.2 Å². The Bertz CT molecular complexity index is 570. The first kappa shape index (κ1) is 17.5. The summed E-state index contributed by atoms with van der Waals surface area (Å²) < 4.78 is 1.88. The molecule has 21 heavy (non-hydrogen) atoms. The van der Waals surface area contributed by atoms with E-state index in [2.05, 4.69) is 15.6 Å². The fraction of sp³-hybridized carbons (Fsp3) is 0.286. The van der Waals surface area contributed by atoms with Crippen molar-refractivity contribution in [2.75, 3.05) is 19.6 Å². The predicted molar refractivity (Wildman–Crippen MR) is 86.8 cm³/mol. The molecule has 0 saturated carbocycles. The smallest absolute Gasteiger partial charge is 0.251 e. The van der Waals surface area contributed by atoms with Gasteiger partial charge in [0, 0.05) is 49.2 Å². The molecule has 1 fully saturated rings. The van der Waals surface area contributed by atoms with Gasteiger partial charge in [0.2, 0.25) is 0 Å². The summed E-state index contributed by atoms with van der Waals surface area (Å²) in [7, 11) is 0. The normalized spacial score (nSPS) is 13.5. The molecule has 0 unspecified atom stereocenters. The minimum absolute atomic E-state index is 0. The van der Waals surface area contributed by atoms with Gasteiger partial charge in [0.1, 0.15) is 0 Å². The highest BCUT2D eigenvalue weighted by molar-refractivity contribution is 5.94. The fourth-order valence-electron chi connectivity index (χ4n) is 2.05. The molecule has 0 spiro atoms. The third-order valence-electron chi connectivity index (χ3n) is 3.33. The van der Waals surface area contributed by atoms with E-state index < -0.39 is 0 Å². The van der Waals surface area contributed by atoms with Crippen molar-refractivity contribution in [1.29, 1.82) is 0 Å². The van der Waals surface area contributed by atoms with E-state index in [1.54, 1.807) is 12.5 Å². The van der Waals surface area contributed by atoms with Crippen LogP contribution in [0, 0.1) is 5.92 Å². The molecule has 1 aliphatic heterocycles. The lowest BCUT2D eigenvalue weighted by Crippen LogP contribution is -2.48. The number of nitrogens with one attached hydrogen (secondary N) is 2. The topological polar surface area (TPSA) is 59.0 Å². The van der Waals surface area contributed by atoms with Crippen LogP contribution in [0.15, 0.2) is 43.0 Å². The molecule has 5 nitrogen and oxygen atoms in total. The van der Waals surface area contributed by atoms with Crippen molar-refractivity contribution in [3.8, 4) is 5.69 Å². The summed E-state index contributed by atoms with van der Waals surface area (Å²) in [5, 5.41) is 6.16. The lowest BCUT2D eigenvalue weighted by Gasteiger charge is -2.27. The van der Waals surface area contributed by atoms with Crippen LogP contribution >= 0.6 is 24.8 Å². The largest absolute Gasteiger partial charge is 0.352 e. The third kappa shape index (κ3) is 4.20. The van der Waals surface area contributed by atoms with Crippen molar-refractivity contribution in [3.63, 3.8) is 0 Å². The number of nitrogens with zero attached hydrogens (tertiary/aromatic N) is 2. The number of aromatic nitrogens is 2. The van der Waals surface area contributed by atoms with Crippen molar-refractivity contribution in [2.24, 2.45) is 5.92 Å². The molecule has 0 radical (unpaired) electrons. The number of imidazole rings is 1. The van der Waals surface area contributed by atoms with Crippen LogP contribution in [-0.2, 0) is 0 Å². The molecule has 7 heteroatoms. The van der Waals surface area contributed by atoms with Crippen LogP contribution in [0.1, 0.15) is 10.4 Å². The number of halogens is 2. The van der Waals surface area contributed by atoms with Crippen molar-refractivity contribution >= 4 is 30.7 Å². The van der Waals surface area contributed by atoms with Crippen molar-refractivity contribution < 1.29 is 4.79 Å². The molecule has 1 saturated heterocycles. The maximum absolute atomic E-state index is 12.1. The first-order chi connectivity index (χ1) is 9.33. The molecule has 1 amide bonds. The molecule has 1 aromatic heterocycles. The van der Waals surface area contributed by atoms with Gasteiger partial charge in [-0.1, -0.05) is 6.07 Å². The molecule has 2 heterocycles. The maximum Gasteiger partial charge on any atom is 0.251 e. The molecule has 0 bridgehead atoms. The van der Waals surface area contributed by atoms with E-state index in [1.807, 2.05) is 35.0 Å². The minimum Gasteiger partial charge on any atom is -0.352 e. The van der Waals surface area contributed by atoms with E-state index in [-0.39, 0.29) is 30.7 Å². The Kier molecular flexibility index (Phi) is 6.68. The fourth-order valence-corrected chi connectivity index (χ4v) is 2.05. The van der Waals surface area contributed by atoms with Gasteiger partial charge in [0.25, 0.3) is 5.91 Å². The second kappa shape index (κ2) is 8.02. The summed E-state index contributed by atoms with van der Waals surface area (Å²) in [6, 6.07) is 7.54. The van der Waals surface area contributed by atoms with Crippen LogP contribution in [0.25, 0.3) is 5.69 Å². The second-order valence-corrected chi connectivity index (χ2v) is 4.75. The molecular weight excluding hydrogens is 311 g/mol. The molecule has 114 valence electrons. The van der Waals surface area contributed by atoms with Gasteiger partial charge >= 0.3 is 0 Å². The SMILES string of the molecule is Cl.Cl.O=C(NCC1CNC1)c1cccc(-n2ccnc2)c1. The first-order valence-electron chi connectivity index (χ1n) is 6.40. The van der Waals surface area contributed by atoms with E-state index in [4.69, 9.17) is 0 Å².